The lowest BCUT2D eigenvalue weighted by Gasteiger charge is -2.27. The number of hydrogen-bond donors (Lipinski definition) is 2. The lowest BCUT2D eigenvalue weighted by Crippen LogP contribution is -2.44. The van der Waals surface area contributed by atoms with Gasteiger partial charge in [0, 0.05) is 6.54 Å². The van der Waals surface area contributed by atoms with Crippen LogP contribution in [0.15, 0.2) is 12.1 Å². The van der Waals surface area contributed by atoms with Crippen LogP contribution < -0.4 is 10.1 Å². The number of ether oxygens (including phenoxy) is 1. The molecule has 0 aliphatic heterocycles. The van der Waals surface area contributed by atoms with Crippen LogP contribution in [-0.2, 0) is 0 Å². The van der Waals surface area contributed by atoms with Gasteiger partial charge in [-0.05, 0) is 25.0 Å². The van der Waals surface area contributed by atoms with Gasteiger partial charge < -0.3 is 15.2 Å². The highest BCUT2D eigenvalue weighted by atomic mass is 19.3. The summed E-state index contributed by atoms with van der Waals surface area (Å²) in [7, 11) is 0. The molecule has 1 unspecified atom stereocenters. The average molecular weight is 323 g/mol. The number of carbonyl (C=O) groups is 1. The third-order valence-electron chi connectivity index (χ3n) is 3.35. The van der Waals surface area contributed by atoms with Gasteiger partial charge in [0.05, 0.1) is 5.60 Å². The molecule has 1 rings (SSSR count). The molecule has 0 saturated heterocycles. The van der Waals surface area contributed by atoms with Crippen molar-refractivity contribution in [1.29, 1.82) is 0 Å². The summed E-state index contributed by atoms with van der Waals surface area (Å²) >= 11 is 0. The molecule has 0 radical (unpaired) electrons. The van der Waals surface area contributed by atoms with Gasteiger partial charge in [0.25, 0.3) is 5.91 Å². The molecule has 4 nitrogen and oxygen atoms in total. The Labute approximate surface area is 125 Å². The maximum Gasteiger partial charge on any atom is 0.387 e. The van der Waals surface area contributed by atoms with Crippen LogP contribution in [0.1, 0.15) is 31.1 Å². The molecule has 1 aromatic rings. The van der Waals surface area contributed by atoms with Crippen LogP contribution in [0.2, 0.25) is 0 Å². The lowest BCUT2D eigenvalue weighted by atomic mass is 9.92. The molecule has 0 bridgehead atoms. The van der Waals surface area contributed by atoms with Gasteiger partial charge in [0.1, 0.15) is 11.4 Å². The Morgan fingerprint density at radius 2 is 1.95 bits per heavy atom. The van der Waals surface area contributed by atoms with Crippen molar-refractivity contribution in [2.75, 3.05) is 6.54 Å². The van der Waals surface area contributed by atoms with Crippen molar-refractivity contribution < 1.29 is 32.2 Å². The van der Waals surface area contributed by atoms with Crippen molar-refractivity contribution in [3.8, 4) is 5.75 Å². The van der Waals surface area contributed by atoms with Gasteiger partial charge in [-0.15, -0.1) is 0 Å². The van der Waals surface area contributed by atoms with E-state index in [4.69, 9.17) is 0 Å². The number of halogens is 4. The third-order valence-corrected chi connectivity index (χ3v) is 3.35. The number of carbonyl (C=O) groups excluding carboxylic acids is 1. The summed E-state index contributed by atoms with van der Waals surface area (Å²) in [5, 5.41) is 12.1. The second-order valence-corrected chi connectivity index (χ2v) is 5.31. The monoisotopic (exact) mass is 323 g/mol. The van der Waals surface area contributed by atoms with Gasteiger partial charge in [0.2, 0.25) is 0 Å². The molecular weight excluding hydrogens is 306 g/mol. The minimum atomic E-state index is -3.31. The van der Waals surface area contributed by atoms with E-state index in [1.807, 2.05) is 0 Å². The predicted molar refractivity (Wildman–Crippen MR) is 70.8 cm³/mol. The van der Waals surface area contributed by atoms with Gasteiger partial charge in [-0.1, -0.05) is 13.8 Å². The van der Waals surface area contributed by atoms with E-state index in [-0.39, 0.29) is 12.5 Å². The van der Waals surface area contributed by atoms with Crippen molar-refractivity contribution in [1.82, 2.24) is 5.32 Å². The minimum Gasteiger partial charge on any atom is -0.432 e. The van der Waals surface area contributed by atoms with E-state index >= 15 is 0 Å². The van der Waals surface area contributed by atoms with Crippen molar-refractivity contribution in [3.05, 3.63) is 29.3 Å². The number of hydrogen-bond acceptors (Lipinski definition) is 3. The number of nitrogens with one attached hydrogen (secondary N) is 1. The van der Waals surface area contributed by atoms with E-state index in [9.17, 15) is 27.5 Å². The Morgan fingerprint density at radius 3 is 2.45 bits per heavy atom. The topological polar surface area (TPSA) is 58.6 Å². The normalized spacial score (nSPS) is 14.1. The maximum atomic E-state index is 13.9. The van der Waals surface area contributed by atoms with Crippen molar-refractivity contribution in [3.63, 3.8) is 0 Å². The minimum absolute atomic E-state index is 0.226. The highest BCUT2D eigenvalue weighted by Gasteiger charge is 2.28. The van der Waals surface area contributed by atoms with Crippen LogP contribution in [0.4, 0.5) is 17.6 Å². The highest BCUT2D eigenvalue weighted by Crippen LogP contribution is 2.25. The van der Waals surface area contributed by atoms with E-state index < -0.39 is 41.1 Å². The fourth-order valence-corrected chi connectivity index (χ4v) is 1.48. The number of amides is 1. The van der Waals surface area contributed by atoms with E-state index in [0.29, 0.717) is 12.1 Å². The summed E-state index contributed by atoms with van der Waals surface area (Å²) in [6.45, 7) is 1.27. The second kappa shape index (κ2) is 6.95. The standard InChI is InChI=1S/C14H17F4NO3/c1-7(2)14(3,21)6-19-12(20)10-8(15)4-5-9(11(10)16)22-13(17)18/h4-5,7,13,21H,6H2,1-3H3,(H,19,20). The van der Waals surface area contributed by atoms with E-state index in [2.05, 4.69) is 10.1 Å². The Hall–Kier alpha value is -1.83. The summed E-state index contributed by atoms with van der Waals surface area (Å²) in [5.74, 6) is -5.08. The molecule has 0 aromatic heterocycles. The zero-order chi connectivity index (χ0) is 17.1. The predicted octanol–water partition coefficient (Wildman–Crippen LogP) is 2.70. The van der Waals surface area contributed by atoms with E-state index in [0.717, 1.165) is 0 Å². The van der Waals surface area contributed by atoms with Gasteiger partial charge in [-0.3, -0.25) is 4.79 Å². The van der Waals surface area contributed by atoms with Crippen LogP contribution >= 0.6 is 0 Å². The first-order valence-electron chi connectivity index (χ1n) is 6.49. The molecule has 8 heteroatoms. The molecular formula is C14H17F4NO3. The molecule has 22 heavy (non-hydrogen) atoms. The second-order valence-electron chi connectivity index (χ2n) is 5.31. The first kappa shape index (κ1) is 18.2. The third kappa shape index (κ3) is 4.33. The Kier molecular flexibility index (Phi) is 5.76. The number of alkyl halides is 2. The van der Waals surface area contributed by atoms with Crippen LogP contribution in [0.25, 0.3) is 0 Å². The summed E-state index contributed by atoms with van der Waals surface area (Å²) in [6, 6.07) is 1.31. The van der Waals surface area contributed by atoms with Crippen LogP contribution in [0.5, 0.6) is 5.75 Å². The molecule has 124 valence electrons. The molecule has 0 saturated carbocycles. The Morgan fingerprint density at radius 1 is 1.36 bits per heavy atom. The fraction of sp³-hybridized carbons (Fsp3) is 0.500. The molecule has 0 fully saturated rings. The zero-order valence-corrected chi connectivity index (χ0v) is 12.3. The lowest BCUT2D eigenvalue weighted by molar-refractivity contribution is -0.0523. The van der Waals surface area contributed by atoms with E-state index in [1.54, 1.807) is 13.8 Å². The number of benzene rings is 1. The highest BCUT2D eigenvalue weighted by molar-refractivity contribution is 5.95. The van der Waals surface area contributed by atoms with Crippen LogP contribution in [0, 0.1) is 17.6 Å². The van der Waals surface area contributed by atoms with Gasteiger partial charge in [-0.25, -0.2) is 8.78 Å². The van der Waals surface area contributed by atoms with Crippen LogP contribution in [0.3, 0.4) is 0 Å². The summed E-state index contributed by atoms with van der Waals surface area (Å²) in [4.78, 5) is 11.8. The smallest absolute Gasteiger partial charge is 0.387 e. The average Bonchev–Trinajstić information content (AvgIpc) is 2.39. The van der Waals surface area contributed by atoms with Gasteiger partial charge in [0.15, 0.2) is 11.6 Å². The summed E-state index contributed by atoms with van der Waals surface area (Å²) in [5.41, 5.74) is -2.34. The molecule has 1 aromatic carbocycles. The van der Waals surface area contributed by atoms with Gasteiger partial charge >= 0.3 is 6.61 Å². The SMILES string of the molecule is CC(C)C(C)(O)CNC(=O)c1c(F)ccc(OC(F)F)c1F. The molecule has 0 aliphatic rings. The van der Waals surface area contributed by atoms with Crippen molar-refractivity contribution in [2.45, 2.75) is 33.0 Å². The quantitative estimate of drug-likeness (QED) is 0.792. The largest absolute Gasteiger partial charge is 0.432 e. The van der Waals surface area contributed by atoms with Crippen LogP contribution in [-0.4, -0.2) is 29.8 Å². The van der Waals surface area contributed by atoms with Gasteiger partial charge in [-0.2, -0.15) is 8.78 Å². The molecule has 1 amide bonds. The van der Waals surface area contributed by atoms with E-state index in [1.165, 1.54) is 6.92 Å². The Bertz CT molecular complexity index is 547. The molecule has 0 spiro atoms. The number of aliphatic hydroxyl groups is 1. The first-order valence-corrected chi connectivity index (χ1v) is 6.49. The summed E-state index contributed by atoms with van der Waals surface area (Å²) < 4.78 is 55.6. The maximum absolute atomic E-state index is 13.9. The molecule has 0 aliphatic carbocycles. The van der Waals surface area contributed by atoms with Crippen molar-refractivity contribution in [2.24, 2.45) is 5.92 Å². The molecule has 2 N–H and O–H groups in total. The summed E-state index contributed by atoms with van der Waals surface area (Å²) in [6.07, 6.45) is 0. The Balaban J connectivity index is 2.98. The molecule has 0 heterocycles. The zero-order valence-electron chi connectivity index (χ0n) is 12.3. The van der Waals surface area contributed by atoms with Crippen molar-refractivity contribution >= 4 is 5.91 Å². The molecule has 1 atom stereocenters. The number of rotatable bonds is 6. The fourth-order valence-electron chi connectivity index (χ4n) is 1.48. The first-order chi connectivity index (χ1) is 10.1.